The molecule has 1 aromatic heterocycles. The van der Waals surface area contributed by atoms with Crippen LogP contribution in [0.5, 0.6) is 0 Å². The standard InChI is InChI=1S/C12H14OS.C12H8S.4C2H6/c13-11-8-4-5-9-12(11)14-10-6-2-1-3-7-10;1-3-7-11-9(5-1)10-6-2-4-8-12(10)13-11;4*1-2/h1-3,6-7,12H,4-5,8-9H2;1-8H;4*1-2H3. The van der Waals surface area contributed by atoms with Gasteiger partial charge >= 0.3 is 0 Å². The van der Waals surface area contributed by atoms with Crippen molar-refractivity contribution in [2.75, 3.05) is 0 Å². The number of carbonyl (C=O) groups excluding carboxylic acids is 1. The van der Waals surface area contributed by atoms with Gasteiger partial charge in [-0.05, 0) is 37.1 Å². The largest absolute Gasteiger partial charge is 0.298 e. The maximum atomic E-state index is 11.6. The van der Waals surface area contributed by atoms with Gasteiger partial charge in [0.25, 0.3) is 0 Å². The predicted molar refractivity (Wildman–Crippen MR) is 164 cm³/mol. The lowest BCUT2D eigenvalue weighted by Gasteiger charge is -2.19. The van der Waals surface area contributed by atoms with Gasteiger partial charge in [0, 0.05) is 31.5 Å². The Hall–Kier alpha value is -2.10. The molecule has 0 saturated heterocycles. The highest BCUT2D eigenvalue weighted by atomic mass is 32.2. The number of Topliss-reactive ketones (excluding diaryl/α,β-unsaturated/α-hetero) is 1. The zero-order chi connectivity index (χ0) is 26.5. The summed E-state index contributed by atoms with van der Waals surface area (Å²) in [6.07, 6.45) is 4.13. The van der Waals surface area contributed by atoms with E-state index in [2.05, 4.69) is 60.7 Å². The Balaban J connectivity index is 0.000000516. The van der Waals surface area contributed by atoms with E-state index in [1.54, 1.807) is 11.8 Å². The normalized spacial score (nSPS) is 13.7. The number of ketones is 1. The van der Waals surface area contributed by atoms with Gasteiger partial charge in [0.15, 0.2) is 0 Å². The van der Waals surface area contributed by atoms with E-state index in [1.807, 2.05) is 84.9 Å². The molecule has 35 heavy (non-hydrogen) atoms. The Labute approximate surface area is 223 Å². The second-order valence-electron chi connectivity index (χ2n) is 6.73. The van der Waals surface area contributed by atoms with Gasteiger partial charge < -0.3 is 0 Å². The van der Waals surface area contributed by atoms with Crippen LogP contribution in [-0.2, 0) is 4.79 Å². The third-order valence-electron chi connectivity index (χ3n) is 4.80. The quantitative estimate of drug-likeness (QED) is 0.267. The van der Waals surface area contributed by atoms with Crippen molar-refractivity contribution in [2.24, 2.45) is 0 Å². The first-order valence-corrected chi connectivity index (χ1v) is 15.1. The molecule has 1 unspecified atom stereocenters. The molecule has 3 aromatic carbocycles. The van der Waals surface area contributed by atoms with Gasteiger partial charge in [-0.15, -0.1) is 23.1 Å². The minimum atomic E-state index is 0.214. The van der Waals surface area contributed by atoms with Crippen molar-refractivity contribution < 1.29 is 4.79 Å². The lowest BCUT2D eigenvalue weighted by molar-refractivity contribution is -0.119. The van der Waals surface area contributed by atoms with Crippen LogP contribution in [0, 0.1) is 0 Å². The average molecular weight is 511 g/mol. The third kappa shape index (κ3) is 11.0. The van der Waals surface area contributed by atoms with E-state index in [0.29, 0.717) is 5.78 Å². The number of hydrogen-bond acceptors (Lipinski definition) is 3. The van der Waals surface area contributed by atoms with Gasteiger partial charge in [0.2, 0.25) is 0 Å². The number of carbonyl (C=O) groups is 1. The summed E-state index contributed by atoms with van der Waals surface area (Å²) in [5, 5.41) is 2.97. The molecule has 1 fully saturated rings. The number of thioether (sulfide) groups is 1. The van der Waals surface area contributed by atoms with E-state index in [-0.39, 0.29) is 5.25 Å². The van der Waals surface area contributed by atoms with Crippen molar-refractivity contribution in [3.8, 4) is 0 Å². The molecule has 1 saturated carbocycles. The molecule has 0 spiro atoms. The highest BCUT2D eigenvalue weighted by Crippen LogP contribution is 2.33. The molecule has 3 heteroatoms. The first kappa shape index (κ1) is 32.9. The van der Waals surface area contributed by atoms with E-state index in [1.165, 1.54) is 31.5 Å². The second kappa shape index (κ2) is 21.2. The maximum absolute atomic E-state index is 11.6. The molecule has 1 heterocycles. The second-order valence-corrected chi connectivity index (χ2v) is 9.09. The van der Waals surface area contributed by atoms with Crippen LogP contribution in [0.2, 0.25) is 0 Å². The minimum absolute atomic E-state index is 0.214. The summed E-state index contributed by atoms with van der Waals surface area (Å²) in [6.45, 7) is 16.0. The summed E-state index contributed by atoms with van der Waals surface area (Å²) in [7, 11) is 0. The number of fused-ring (bicyclic) bond motifs is 3. The van der Waals surface area contributed by atoms with E-state index in [9.17, 15) is 4.79 Å². The minimum Gasteiger partial charge on any atom is -0.298 e. The highest BCUT2D eigenvalue weighted by Gasteiger charge is 2.22. The first-order valence-electron chi connectivity index (χ1n) is 13.4. The fourth-order valence-corrected chi connectivity index (χ4v) is 5.70. The summed E-state index contributed by atoms with van der Waals surface area (Å²) in [5.74, 6) is 0.435. The van der Waals surface area contributed by atoms with Crippen LogP contribution in [0.4, 0.5) is 0 Å². The van der Waals surface area contributed by atoms with Gasteiger partial charge in [-0.25, -0.2) is 0 Å². The highest BCUT2D eigenvalue weighted by molar-refractivity contribution is 8.00. The van der Waals surface area contributed by atoms with Crippen LogP contribution in [0.15, 0.2) is 83.8 Å². The topological polar surface area (TPSA) is 17.1 Å². The summed E-state index contributed by atoms with van der Waals surface area (Å²) in [5.41, 5.74) is 0. The van der Waals surface area contributed by atoms with E-state index >= 15 is 0 Å². The molecule has 1 aliphatic carbocycles. The molecule has 1 nitrogen and oxygen atoms in total. The van der Waals surface area contributed by atoms with Gasteiger partial charge in [0.05, 0.1) is 5.25 Å². The van der Waals surface area contributed by atoms with Crippen LogP contribution in [-0.4, -0.2) is 11.0 Å². The smallest absolute Gasteiger partial charge is 0.146 e. The Kier molecular flexibility index (Phi) is 19.9. The molecule has 5 rings (SSSR count). The van der Waals surface area contributed by atoms with Crippen molar-refractivity contribution in [1.29, 1.82) is 0 Å². The number of rotatable bonds is 2. The van der Waals surface area contributed by atoms with Crippen LogP contribution < -0.4 is 0 Å². The first-order chi connectivity index (χ1) is 17.3. The van der Waals surface area contributed by atoms with Gasteiger partial charge in [0.1, 0.15) is 5.78 Å². The van der Waals surface area contributed by atoms with Crippen molar-refractivity contribution >= 4 is 49.1 Å². The zero-order valence-corrected chi connectivity index (χ0v) is 24.8. The Bertz CT molecular complexity index is 987. The summed E-state index contributed by atoms with van der Waals surface area (Å²) in [6, 6.07) is 27.3. The van der Waals surface area contributed by atoms with Crippen LogP contribution in [0.1, 0.15) is 81.1 Å². The number of hydrogen-bond donors (Lipinski definition) is 0. The van der Waals surface area contributed by atoms with Crippen LogP contribution in [0.25, 0.3) is 20.2 Å². The van der Waals surface area contributed by atoms with Crippen molar-refractivity contribution in [3.05, 3.63) is 78.9 Å². The molecule has 1 atom stereocenters. The molecule has 0 bridgehead atoms. The monoisotopic (exact) mass is 510 g/mol. The van der Waals surface area contributed by atoms with Crippen LogP contribution in [0.3, 0.4) is 0 Å². The van der Waals surface area contributed by atoms with E-state index in [4.69, 9.17) is 0 Å². The molecule has 0 N–H and O–H groups in total. The molecule has 4 aromatic rings. The predicted octanol–water partition coefficient (Wildman–Crippen LogP) is 11.4. The zero-order valence-electron chi connectivity index (χ0n) is 23.1. The van der Waals surface area contributed by atoms with Gasteiger partial charge in [-0.3, -0.25) is 4.79 Å². The summed E-state index contributed by atoms with van der Waals surface area (Å²) in [4.78, 5) is 12.8. The molecule has 0 amide bonds. The van der Waals surface area contributed by atoms with Crippen molar-refractivity contribution in [3.63, 3.8) is 0 Å². The molecule has 192 valence electrons. The number of benzene rings is 3. The fraction of sp³-hybridized carbons (Fsp3) is 0.406. The summed E-state index contributed by atoms with van der Waals surface area (Å²) >= 11 is 3.58. The molecular formula is C32H46OS2. The van der Waals surface area contributed by atoms with E-state index in [0.717, 1.165) is 19.3 Å². The van der Waals surface area contributed by atoms with Crippen molar-refractivity contribution in [2.45, 2.75) is 91.2 Å². The average Bonchev–Trinajstić information content (AvgIpc) is 3.34. The molecule has 0 aliphatic heterocycles. The molecule has 0 radical (unpaired) electrons. The van der Waals surface area contributed by atoms with Crippen molar-refractivity contribution in [1.82, 2.24) is 0 Å². The fourth-order valence-electron chi connectivity index (χ4n) is 3.41. The Morgan fingerprint density at radius 2 is 1.09 bits per heavy atom. The Morgan fingerprint density at radius 3 is 1.57 bits per heavy atom. The summed E-state index contributed by atoms with van der Waals surface area (Å²) < 4.78 is 2.76. The van der Waals surface area contributed by atoms with Gasteiger partial charge in [-0.1, -0.05) is 116 Å². The third-order valence-corrected chi connectivity index (χ3v) is 7.28. The lowest BCUT2D eigenvalue weighted by atomic mass is 9.99. The lowest BCUT2D eigenvalue weighted by Crippen LogP contribution is -2.20. The Morgan fingerprint density at radius 1 is 0.629 bits per heavy atom. The maximum Gasteiger partial charge on any atom is 0.146 e. The van der Waals surface area contributed by atoms with E-state index < -0.39 is 0 Å². The number of thiophene rings is 1. The van der Waals surface area contributed by atoms with Crippen LogP contribution >= 0.6 is 23.1 Å². The molecule has 1 aliphatic rings. The SMILES string of the molecule is CC.CC.CC.CC.O=C1CCCCC1Sc1ccccc1.c1ccc2c(c1)sc1ccccc12. The van der Waals surface area contributed by atoms with Gasteiger partial charge in [-0.2, -0.15) is 0 Å². The molecular weight excluding hydrogens is 464 g/mol.